The zero-order chi connectivity index (χ0) is 11.7. The minimum atomic E-state index is 0.773. The molecule has 1 aliphatic carbocycles. The number of thiophene rings is 1. The van der Waals surface area contributed by atoms with E-state index in [2.05, 4.69) is 42.9 Å². The van der Waals surface area contributed by atoms with Gasteiger partial charge in [0.15, 0.2) is 0 Å². The van der Waals surface area contributed by atoms with E-state index in [9.17, 15) is 0 Å². The maximum absolute atomic E-state index is 4.24. The third-order valence-corrected chi connectivity index (χ3v) is 5.17. The average Bonchev–Trinajstić information content (AvgIpc) is 2.85. The van der Waals surface area contributed by atoms with Crippen LogP contribution >= 0.6 is 38.6 Å². The summed E-state index contributed by atoms with van der Waals surface area (Å²) in [5.41, 5.74) is 1.17. The van der Waals surface area contributed by atoms with Crippen LogP contribution in [0.4, 0.5) is 0 Å². The van der Waals surface area contributed by atoms with Crippen LogP contribution in [0.25, 0.3) is 10.6 Å². The number of halogens is 1. The maximum Gasteiger partial charge on any atom is 0.148 e. The van der Waals surface area contributed by atoms with Crippen LogP contribution < -0.4 is 5.32 Å². The third kappa shape index (κ3) is 3.13. The van der Waals surface area contributed by atoms with Crippen molar-refractivity contribution >= 4 is 38.6 Å². The molecule has 1 saturated carbocycles. The predicted molar refractivity (Wildman–Crippen MR) is 75.7 cm³/mol. The smallest absolute Gasteiger partial charge is 0.148 e. The summed E-state index contributed by atoms with van der Waals surface area (Å²) in [5, 5.41) is 16.2. The van der Waals surface area contributed by atoms with Gasteiger partial charge in [0, 0.05) is 30.0 Å². The van der Waals surface area contributed by atoms with Gasteiger partial charge < -0.3 is 5.32 Å². The van der Waals surface area contributed by atoms with Crippen LogP contribution in [0.15, 0.2) is 15.2 Å². The van der Waals surface area contributed by atoms with Gasteiger partial charge in [0.05, 0.1) is 3.79 Å². The number of hydrogen-bond acceptors (Lipinski definition) is 5. The number of aromatic nitrogens is 2. The molecule has 2 aromatic rings. The fourth-order valence-corrected chi connectivity index (χ4v) is 3.61. The largest absolute Gasteiger partial charge is 0.314 e. The average molecular weight is 330 g/mol. The number of hydrogen-bond donors (Lipinski definition) is 1. The summed E-state index contributed by atoms with van der Waals surface area (Å²) in [6, 6.07) is 2.87. The molecule has 3 rings (SSSR count). The second-order valence-electron chi connectivity index (χ2n) is 4.12. The van der Waals surface area contributed by atoms with E-state index >= 15 is 0 Å². The molecule has 0 unspecified atom stereocenters. The second-order valence-corrected chi connectivity index (χ2v) is 7.47. The van der Waals surface area contributed by atoms with Crippen molar-refractivity contribution in [2.75, 3.05) is 6.54 Å². The van der Waals surface area contributed by atoms with Gasteiger partial charge in [-0.2, -0.15) is 0 Å². The molecule has 17 heavy (non-hydrogen) atoms. The van der Waals surface area contributed by atoms with Crippen molar-refractivity contribution in [1.29, 1.82) is 0 Å². The van der Waals surface area contributed by atoms with Crippen molar-refractivity contribution in [3.8, 4) is 10.6 Å². The molecule has 6 heteroatoms. The first-order valence-corrected chi connectivity index (χ1v) is 8.10. The first-order chi connectivity index (χ1) is 8.31. The van der Waals surface area contributed by atoms with Crippen LogP contribution in [0.3, 0.4) is 0 Å². The Balaban J connectivity index is 1.61. The molecule has 0 bridgehead atoms. The molecular weight excluding hydrogens is 318 g/mol. The summed E-state index contributed by atoms with van der Waals surface area (Å²) in [4.78, 5) is 0. The lowest BCUT2D eigenvalue weighted by atomic mass is 10.4. The molecule has 2 aromatic heterocycles. The topological polar surface area (TPSA) is 37.8 Å². The van der Waals surface area contributed by atoms with E-state index in [1.54, 1.807) is 22.7 Å². The highest BCUT2D eigenvalue weighted by molar-refractivity contribution is 9.11. The Hall–Kier alpha value is -0.300. The number of nitrogens with zero attached hydrogens (tertiary/aromatic N) is 2. The number of rotatable bonds is 5. The Morgan fingerprint density at radius 3 is 3.00 bits per heavy atom. The molecule has 1 N–H and O–H groups in total. The lowest BCUT2D eigenvalue weighted by Crippen LogP contribution is -2.19. The zero-order valence-electron chi connectivity index (χ0n) is 9.15. The standard InChI is InChI=1S/C11H12BrN3S2/c12-9-5-7(6-16-9)11-15-14-10(17-11)3-4-13-8-1-2-8/h5-6,8,13H,1-4H2. The van der Waals surface area contributed by atoms with E-state index in [-0.39, 0.29) is 0 Å². The molecule has 0 radical (unpaired) electrons. The molecular formula is C11H12BrN3S2. The fraction of sp³-hybridized carbons (Fsp3) is 0.455. The number of nitrogens with one attached hydrogen (secondary N) is 1. The summed E-state index contributed by atoms with van der Waals surface area (Å²) < 4.78 is 1.14. The van der Waals surface area contributed by atoms with Crippen molar-refractivity contribution < 1.29 is 0 Å². The Kier molecular flexibility index (Phi) is 3.56. The minimum absolute atomic E-state index is 0.773. The van der Waals surface area contributed by atoms with Gasteiger partial charge in [-0.3, -0.25) is 0 Å². The van der Waals surface area contributed by atoms with Crippen LogP contribution in [0.2, 0.25) is 0 Å². The van der Waals surface area contributed by atoms with E-state index in [0.29, 0.717) is 0 Å². The Morgan fingerprint density at radius 1 is 1.41 bits per heavy atom. The van der Waals surface area contributed by atoms with Gasteiger partial charge in [-0.15, -0.1) is 21.5 Å². The molecule has 2 heterocycles. The highest BCUT2D eigenvalue weighted by Crippen LogP contribution is 2.30. The third-order valence-electron chi connectivity index (χ3n) is 2.63. The summed E-state index contributed by atoms with van der Waals surface area (Å²) in [7, 11) is 0. The van der Waals surface area contributed by atoms with E-state index in [1.165, 1.54) is 18.4 Å². The molecule has 0 saturated heterocycles. The summed E-state index contributed by atoms with van der Waals surface area (Å²) in [6.07, 6.45) is 3.66. The second kappa shape index (κ2) is 5.14. The first kappa shape index (κ1) is 11.8. The van der Waals surface area contributed by atoms with Gasteiger partial charge in [-0.1, -0.05) is 11.3 Å². The Morgan fingerprint density at radius 2 is 2.29 bits per heavy atom. The van der Waals surface area contributed by atoms with Gasteiger partial charge in [-0.05, 0) is 34.8 Å². The van der Waals surface area contributed by atoms with E-state index < -0.39 is 0 Å². The van der Waals surface area contributed by atoms with Gasteiger partial charge in [0.25, 0.3) is 0 Å². The molecule has 0 spiro atoms. The summed E-state index contributed by atoms with van der Waals surface area (Å²) in [6.45, 7) is 1.02. The molecule has 0 aromatic carbocycles. The summed E-state index contributed by atoms with van der Waals surface area (Å²) >= 11 is 6.84. The van der Waals surface area contributed by atoms with E-state index in [1.807, 2.05) is 0 Å². The Bertz CT molecular complexity index is 504. The van der Waals surface area contributed by atoms with Gasteiger partial charge in [-0.25, -0.2) is 0 Å². The quantitative estimate of drug-likeness (QED) is 0.914. The molecule has 1 fully saturated rings. The highest BCUT2D eigenvalue weighted by atomic mass is 79.9. The SMILES string of the molecule is Brc1cc(-c2nnc(CCNC3CC3)s2)cs1. The van der Waals surface area contributed by atoms with Crippen molar-refractivity contribution in [3.05, 3.63) is 20.2 Å². The van der Waals surface area contributed by atoms with Crippen LogP contribution in [0, 0.1) is 0 Å². The van der Waals surface area contributed by atoms with Crippen molar-refractivity contribution in [1.82, 2.24) is 15.5 Å². The van der Waals surface area contributed by atoms with Crippen molar-refractivity contribution in [2.24, 2.45) is 0 Å². The van der Waals surface area contributed by atoms with Crippen LogP contribution in [-0.2, 0) is 6.42 Å². The normalized spacial score (nSPS) is 15.4. The van der Waals surface area contributed by atoms with Gasteiger partial charge in [0.2, 0.25) is 0 Å². The maximum atomic E-state index is 4.24. The van der Waals surface area contributed by atoms with Gasteiger partial charge >= 0.3 is 0 Å². The van der Waals surface area contributed by atoms with Crippen LogP contribution in [0.5, 0.6) is 0 Å². The van der Waals surface area contributed by atoms with Gasteiger partial charge in [0.1, 0.15) is 10.0 Å². The monoisotopic (exact) mass is 329 g/mol. The molecule has 0 aliphatic heterocycles. The minimum Gasteiger partial charge on any atom is -0.314 e. The zero-order valence-corrected chi connectivity index (χ0v) is 12.4. The fourth-order valence-electron chi connectivity index (χ4n) is 1.56. The molecule has 3 nitrogen and oxygen atoms in total. The van der Waals surface area contributed by atoms with Crippen LogP contribution in [0.1, 0.15) is 17.8 Å². The first-order valence-electron chi connectivity index (χ1n) is 5.61. The van der Waals surface area contributed by atoms with Crippen LogP contribution in [-0.4, -0.2) is 22.8 Å². The molecule has 0 atom stereocenters. The summed E-state index contributed by atoms with van der Waals surface area (Å²) in [5.74, 6) is 0. The van der Waals surface area contributed by atoms with E-state index in [0.717, 1.165) is 32.8 Å². The van der Waals surface area contributed by atoms with Crippen molar-refractivity contribution in [3.63, 3.8) is 0 Å². The highest BCUT2D eigenvalue weighted by Gasteiger charge is 2.19. The molecule has 0 amide bonds. The van der Waals surface area contributed by atoms with E-state index in [4.69, 9.17) is 0 Å². The molecule has 90 valence electrons. The Labute approximate surface area is 116 Å². The lowest BCUT2D eigenvalue weighted by Gasteiger charge is -1.97. The lowest BCUT2D eigenvalue weighted by molar-refractivity contribution is 0.677. The predicted octanol–water partition coefficient (Wildman–Crippen LogP) is 3.32. The molecule has 1 aliphatic rings. The van der Waals surface area contributed by atoms with Crippen molar-refractivity contribution in [2.45, 2.75) is 25.3 Å².